The van der Waals surface area contributed by atoms with Crippen LogP contribution in [-0.2, 0) is 4.79 Å². The van der Waals surface area contributed by atoms with Crippen molar-refractivity contribution in [3.8, 4) is 22.6 Å². The summed E-state index contributed by atoms with van der Waals surface area (Å²) in [4.78, 5) is 11.9. The first-order valence-electron chi connectivity index (χ1n) is 8.31. The third-order valence-electron chi connectivity index (χ3n) is 3.78. The average molecular weight is 460 g/mol. The van der Waals surface area contributed by atoms with Crippen LogP contribution in [-0.4, -0.2) is 23.8 Å². The normalized spacial score (nSPS) is 10.8. The number of aromatic hydroxyl groups is 1. The minimum absolute atomic E-state index is 0.0165. The van der Waals surface area contributed by atoms with E-state index in [1.54, 1.807) is 18.2 Å². The maximum Gasteiger partial charge on any atom is 0.277 e. The minimum Gasteiger partial charge on any atom is -0.506 e. The van der Waals surface area contributed by atoms with E-state index in [1.807, 2.05) is 42.5 Å². The molecule has 0 atom stereocenters. The lowest BCUT2D eigenvalue weighted by molar-refractivity contribution is -0.123. The molecule has 0 radical (unpaired) electrons. The number of benzene rings is 3. The Morgan fingerprint density at radius 2 is 1.79 bits per heavy atom. The van der Waals surface area contributed by atoms with Crippen molar-refractivity contribution < 1.29 is 14.6 Å². The first-order valence-corrected chi connectivity index (χ1v) is 9.48. The number of nitrogens with one attached hydrogen (secondary N) is 1. The minimum atomic E-state index is -0.427. The van der Waals surface area contributed by atoms with Gasteiger partial charge in [0, 0.05) is 10.6 Å². The third kappa shape index (κ3) is 5.34. The van der Waals surface area contributed by atoms with E-state index in [-0.39, 0.29) is 12.4 Å². The van der Waals surface area contributed by atoms with Gasteiger partial charge in [0.05, 0.1) is 10.7 Å². The summed E-state index contributed by atoms with van der Waals surface area (Å²) < 4.78 is 5.90. The van der Waals surface area contributed by atoms with Gasteiger partial charge >= 0.3 is 0 Å². The topological polar surface area (TPSA) is 70.9 Å². The molecule has 28 heavy (non-hydrogen) atoms. The van der Waals surface area contributed by atoms with Gasteiger partial charge in [-0.25, -0.2) is 5.43 Å². The van der Waals surface area contributed by atoms with E-state index in [0.29, 0.717) is 20.8 Å². The average Bonchev–Trinajstić information content (AvgIpc) is 2.71. The van der Waals surface area contributed by atoms with E-state index < -0.39 is 5.91 Å². The molecule has 3 aromatic carbocycles. The number of halogens is 2. The van der Waals surface area contributed by atoms with Crippen molar-refractivity contribution in [1.82, 2.24) is 5.43 Å². The predicted octanol–water partition coefficient (Wildman–Crippen LogP) is 5.00. The lowest BCUT2D eigenvalue weighted by atomic mass is 10.1. The molecule has 0 aliphatic rings. The highest BCUT2D eigenvalue weighted by molar-refractivity contribution is 9.10. The second kappa shape index (κ2) is 9.39. The monoisotopic (exact) mass is 458 g/mol. The van der Waals surface area contributed by atoms with E-state index in [9.17, 15) is 9.90 Å². The number of carbonyl (C=O) groups is 1. The molecule has 5 nitrogen and oxygen atoms in total. The molecule has 142 valence electrons. The van der Waals surface area contributed by atoms with Crippen LogP contribution in [0.3, 0.4) is 0 Å². The molecule has 1 amide bonds. The number of nitrogens with zero attached hydrogens (tertiary/aromatic N) is 1. The van der Waals surface area contributed by atoms with E-state index >= 15 is 0 Å². The summed E-state index contributed by atoms with van der Waals surface area (Å²) in [6.45, 7) is -0.187. The maximum atomic E-state index is 11.9. The molecule has 0 saturated heterocycles. The quantitative estimate of drug-likeness (QED) is 0.402. The fourth-order valence-corrected chi connectivity index (χ4v) is 3.25. The first kappa shape index (κ1) is 19.9. The molecule has 3 aromatic rings. The molecule has 0 aliphatic heterocycles. The Kier molecular flexibility index (Phi) is 6.68. The lowest BCUT2D eigenvalue weighted by Gasteiger charge is -2.07. The van der Waals surface area contributed by atoms with Crippen molar-refractivity contribution in [2.24, 2.45) is 5.10 Å². The molecule has 0 fully saturated rings. The van der Waals surface area contributed by atoms with Gasteiger partial charge in [-0.2, -0.15) is 5.10 Å². The number of phenolic OH excluding ortho intramolecular Hbond substituents is 1. The molecule has 0 saturated carbocycles. The van der Waals surface area contributed by atoms with E-state index in [2.05, 4.69) is 26.5 Å². The van der Waals surface area contributed by atoms with Crippen LogP contribution in [0, 0.1) is 0 Å². The van der Waals surface area contributed by atoms with Gasteiger partial charge in [0.2, 0.25) is 0 Å². The highest BCUT2D eigenvalue weighted by Crippen LogP contribution is 2.30. The summed E-state index contributed by atoms with van der Waals surface area (Å²) in [5, 5.41) is 14.1. The predicted molar refractivity (Wildman–Crippen MR) is 114 cm³/mol. The van der Waals surface area contributed by atoms with Gasteiger partial charge in [0.15, 0.2) is 6.61 Å². The van der Waals surface area contributed by atoms with Crippen molar-refractivity contribution in [2.75, 3.05) is 6.61 Å². The van der Waals surface area contributed by atoms with Crippen molar-refractivity contribution in [3.05, 3.63) is 81.8 Å². The lowest BCUT2D eigenvalue weighted by Crippen LogP contribution is -2.24. The van der Waals surface area contributed by atoms with Crippen LogP contribution in [0.4, 0.5) is 0 Å². The standard InChI is InChI=1S/C21H16BrClN2O3/c22-19-11-17(23)10-16(21(19)27)12-24-25-20(26)13-28-18-8-6-15(7-9-18)14-4-2-1-3-5-14/h1-12,27H,13H2,(H,25,26)/b24-12+. The Bertz CT molecular complexity index is 993. The van der Waals surface area contributed by atoms with Crippen LogP contribution in [0.15, 0.2) is 76.3 Å². The van der Waals surface area contributed by atoms with E-state index in [4.69, 9.17) is 16.3 Å². The Morgan fingerprint density at radius 3 is 2.50 bits per heavy atom. The molecule has 0 spiro atoms. The fraction of sp³-hybridized carbons (Fsp3) is 0.0476. The summed E-state index contributed by atoms with van der Waals surface area (Å²) in [7, 11) is 0. The second-order valence-corrected chi connectivity index (χ2v) is 7.09. The Labute approximate surface area is 175 Å². The highest BCUT2D eigenvalue weighted by Gasteiger charge is 2.06. The number of ether oxygens (including phenoxy) is 1. The van der Waals surface area contributed by atoms with Crippen LogP contribution < -0.4 is 10.2 Å². The van der Waals surface area contributed by atoms with Gasteiger partial charge in [-0.05, 0) is 51.3 Å². The first-order chi connectivity index (χ1) is 13.5. The molecular formula is C21H16BrClN2O3. The summed E-state index contributed by atoms with van der Waals surface area (Å²) in [6, 6.07) is 20.5. The number of amides is 1. The van der Waals surface area contributed by atoms with Crippen molar-refractivity contribution in [3.63, 3.8) is 0 Å². The Balaban J connectivity index is 1.52. The molecule has 0 aliphatic carbocycles. The smallest absolute Gasteiger partial charge is 0.277 e. The largest absolute Gasteiger partial charge is 0.506 e. The van der Waals surface area contributed by atoms with Gasteiger partial charge in [-0.3, -0.25) is 4.79 Å². The summed E-state index contributed by atoms with van der Waals surface area (Å²) in [5.74, 6) is 0.136. The van der Waals surface area contributed by atoms with E-state index in [1.165, 1.54) is 12.3 Å². The number of phenols is 1. The van der Waals surface area contributed by atoms with E-state index in [0.717, 1.165) is 11.1 Å². The van der Waals surface area contributed by atoms with Gasteiger partial charge in [0.25, 0.3) is 5.91 Å². The van der Waals surface area contributed by atoms with Crippen LogP contribution in [0.2, 0.25) is 5.02 Å². The maximum absolute atomic E-state index is 11.9. The Hall–Kier alpha value is -2.83. The second-order valence-electron chi connectivity index (χ2n) is 5.80. The molecule has 0 aromatic heterocycles. The van der Waals surface area contributed by atoms with Crippen molar-refractivity contribution in [1.29, 1.82) is 0 Å². The van der Waals surface area contributed by atoms with Crippen LogP contribution in [0.1, 0.15) is 5.56 Å². The molecule has 0 bridgehead atoms. The SMILES string of the molecule is O=C(COc1ccc(-c2ccccc2)cc1)N/N=C/c1cc(Cl)cc(Br)c1O. The van der Waals surface area contributed by atoms with Gasteiger partial charge in [-0.15, -0.1) is 0 Å². The number of hydrazone groups is 1. The van der Waals surface area contributed by atoms with Gasteiger partial charge in [0.1, 0.15) is 11.5 Å². The third-order valence-corrected chi connectivity index (χ3v) is 4.60. The van der Waals surface area contributed by atoms with Gasteiger partial charge in [-0.1, -0.05) is 54.1 Å². The number of hydrogen-bond acceptors (Lipinski definition) is 4. The zero-order valence-electron chi connectivity index (χ0n) is 14.6. The van der Waals surface area contributed by atoms with Crippen molar-refractivity contribution in [2.45, 2.75) is 0 Å². The van der Waals surface area contributed by atoms with Crippen LogP contribution >= 0.6 is 27.5 Å². The highest BCUT2D eigenvalue weighted by atomic mass is 79.9. The number of hydrogen-bond donors (Lipinski definition) is 2. The van der Waals surface area contributed by atoms with Crippen molar-refractivity contribution >= 4 is 39.7 Å². The summed E-state index contributed by atoms with van der Waals surface area (Å²) >= 11 is 9.11. The molecule has 0 unspecified atom stereocenters. The molecule has 2 N–H and O–H groups in total. The molecule has 3 rings (SSSR count). The molecule has 7 heteroatoms. The Morgan fingerprint density at radius 1 is 1.11 bits per heavy atom. The zero-order chi connectivity index (χ0) is 19.9. The van der Waals surface area contributed by atoms with Crippen LogP contribution in [0.5, 0.6) is 11.5 Å². The molecule has 0 heterocycles. The number of rotatable bonds is 6. The summed E-state index contributed by atoms with van der Waals surface area (Å²) in [6.07, 6.45) is 1.30. The fourth-order valence-electron chi connectivity index (χ4n) is 2.41. The van der Waals surface area contributed by atoms with Gasteiger partial charge < -0.3 is 9.84 Å². The zero-order valence-corrected chi connectivity index (χ0v) is 16.9. The molecular weight excluding hydrogens is 444 g/mol. The number of carbonyl (C=O) groups excluding carboxylic acids is 1. The summed E-state index contributed by atoms with van der Waals surface area (Å²) in [5.41, 5.74) is 4.89. The van der Waals surface area contributed by atoms with Crippen LogP contribution in [0.25, 0.3) is 11.1 Å².